The van der Waals surface area contributed by atoms with E-state index in [1.54, 1.807) is 4.31 Å². The molecule has 0 aromatic rings. The summed E-state index contributed by atoms with van der Waals surface area (Å²) in [5.74, 6) is 0.00581. The van der Waals surface area contributed by atoms with Crippen molar-refractivity contribution in [3.8, 4) is 0 Å². The van der Waals surface area contributed by atoms with E-state index in [1.165, 1.54) is 11.4 Å². The molecule has 2 aliphatic rings. The van der Waals surface area contributed by atoms with Crippen LogP contribution in [0.25, 0.3) is 0 Å². The number of carbonyl (C=O) groups excluding carboxylic acids is 1. The average Bonchev–Trinajstić information content (AvgIpc) is 2.47. The maximum absolute atomic E-state index is 12.7. The minimum atomic E-state index is -3.46. The van der Waals surface area contributed by atoms with Crippen molar-refractivity contribution in [1.82, 2.24) is 8.61 Å². The first kappa shape index (κ1) is 16.7. The van der Waals surface area contributed by atoms with Crippen molar-refractivity contribution in [2.75, 3.05) is 39.9 Å². The molecule has 2 atom stereocenters. The standard InChI is InChI=1S/C13H24N2O5S/c1-11-4-3-5-14(9-11)21(17,18)15-6-7-20-12(10-15)8-13(16)19-2/h11-12H,3-10H2,1-2H3. The van der Waals surface area contributed by atoms with Gasteiger partial charge in [-0.3, -0.25) is 4.79 Å². The molecular formula is C13H24N2O5S. The molecule has 122 valence electrons. The van der Waals surface area contributed by atoms with Gasteiger partial charge in [0.2, 0.25) is 0 Å². The molecule has 0 aromatic carbocycles. The molecule has 2 saturated heterocycles. The lowest BCUT2D eigenvalue weighted by Crippen LogP contribution is -2.53. The first-order valence-corrected chi connectivity index (χ1v) is 8.77. The normalized spacial score (nSPS) is 29.2. The number of hydrogen-bond acceptors (Lipinski definition) is 5. The van der Waals surface area contributed by atoms with E-state index in [9.17, 15) is 13.2 Å². The Bertz CT molecular complexity index is 467. The second-order valence-corrected chi connectivity index (χ2v) is 7.67. The van der Waals surface area contributed by atoms with E-state index < -0.39 is 16.3 Å². The summed E-state index contributed by atoms with van der Waals surface area (Å²) in [6.45, 7) is 4.07. The lowest BCUT2D eigenvalue weighted by molar-refractivity contribution is -0.145. The van der Waals surface area contributed by atoms with Crippen molar-refractivity contribution < 1.29 is 22.7 Å². The Hall–Kier alpha value is -0.700. The summed E-state index contributed by atoms with van der Waals surface area (Å²) in [4.78, 5) is 11.3. The maximum atomic E-state index is 12.7. The fourth-order valence-electron chi connectivity index (χ4n) is 2.81. The van der Waals surface area contributed by atoms with Gasteiger partial charge in [0.25, 0.3) is 10.2 Å². The SMILES string of the molecule is COC(=O)CC1CN(S(=O)(=O)N2CCCC(C)C2)CCO1. The maximum Gasteiger partial charge on any atom is 0.308 e. The Labute approximate surface area is 126 Å². The van der Waals surface area contributed by atoms with Gasteiger partial charge in [-0.05, 0) is 18.8 Å². The van der Waals surface area contributed by atoms with Crippen LogP contribution in [0.15, 0.2) is 0 Å². The second kappa shape index (κ2) is 7.04. The molecule has 8 heteroatoms. The molecule has 0 N–H and O–H groups in total. The summed E-state index contributed by atoms with van der Waals surface area (Å²) in [6, 6.07) is 0. The molecular weight excluding hydrogens is 296 g/mol. The van der Waals surface area contributed by atoms with Crippen LogP contribution in [0.1, 0.15) is 26.2 Å². The van der Waals surface area contributed by atoms with Gasteiger partial charge in [-0.15, -0.1) is 0 Å². The zero-order chi connectivity index (χ0) is 15.5. The summed E-state index contributed by atoms with van der Waals surface area (Å²) in [5.41, 5.74) is 0. The molecule has 2 aliphatic heterocycles. The van der Waals surface area contributed by atoms with Gasteiger partial charge in [-0.1, -0.05) is 6.92 Å². The van der Waals surface area contributed by atoms with Crippen LogP contribution in [0.5, 0.6) is 0 Å². The summed E-state index contributed by atoms with van der Waals surface area (Å²) < 4.78 is 38.4. The Kier molecular flexibility index (Phi) is 5.59. The zero-order valence-electron chi connectivity index (χ0n) is 12.7. The van der Waals surface area contributed by atoms with E-state index in [0.717, 1.165) is 12.8 Å². The predicted molar refractivity (Wildman–Crippen MR) is 76.8 cm³/mol. The largest absolute Gasteiger partial charge is 0.469 e. The zero-order valence-corrected chi connectivity index (χ0v) is 13.5. The summed E-state index contributed by atoms with van der Waals surface area (Å²) in [6.07, 6.45) is 1.62. The Balaban J connectivity index is 2.00. The average molecular weight is 320 g/mol. The smallest absolute Gasteiger partial charge is 0.308 e. The van der Waals surface area contributed by atoms with Crippen LogP contribution in [0.3, 0.4) is 0 Å². The van der Waals surface area contributed by atoms with E-state index in [0.29, 0.717) is 32.2 Å². The van der Waals surface area contributed by atoms with Gasteiger partial charge in [0.1, 0.15) is 0 Å². The van der Waals surface area contributed by atoms with Gasteiger partial charge in [0.05, 0.1) is 26.2 Å². The molecule has 0 radical (unpaired) electrons. The van der Waals surface area contributed by atoms with Crippen LogP contribution < -0.4 is 0 Å². The first-order chi connectivity index (χ1) is 9.93. The molecule has 2 rings (SSSR count). The number of hydrogen-bond donors (Lipinski definition) is 0. The van der Waals surface area contributed by atoms with E-state index in [2.05, 4.69) is 11.7 Å². The van der Waals surface area contributed by atoms with Crippen molar-refractivity contribution >= 4 is 16.2 Å². The quantitative estimate of drug-likeness (QED) is 0.693. The van der Waals surface area contributed by atoms with Crippen molar-refractivity contribution in [3.63, 3.8) is 0 Å². The molecule has 0 bridgehead atoms. The molecule has 0 spiro atoms. The minimum Gasteiger partial charge on any atom is -0.469 e. The number of esters is 1. The van der Waals surface area contributed by atoms with Crippen LogP contribution in [-0.2, 0) is 24.5 Å². The van der Waals surface area contributed by atoms with E-state index in [1.807, 2.05) is 0 Å². The molecule has 0 amide bonds. The molecule has 0 saturated carbocycles. The summed E-state index contributed by atoms with van der Waals surface area (Å²) in [7, 11) is -2.14. The van der Waals surface area contributed by atoms with E-state index in [-0.39, 0.29) is 18.9 Å². The van der Waals surface area contributed by atoms with Crippen LogP contribution >= 0.6 is 0 Å². The van der Waals surface area contributed by atoms with Crippen molar-refractivity contribution in [1.29, 1.82) is 0 Å². The van der Waals surface area contributed by atoms with E-state index >= 15 is 0 Å². The highest BCUT2D eigenvalue weighted by molar-refractivity contribution is 7.86. The Morgan fingerprint density at radius 3 is 2.67 bits per heavy atom. The highest BCUT2D eigenvalue weighted by Gasteiger charge is 2.36. The van der Waals surface area contributed by atoms with Gasteiger partial charge in [0, 0.05) is 26.2 Å². The second-order valence-electron chi connectivity index (χ2n) is 5.74. The fourth-order valence-corrected chi connectivity index (χ4v) is 4.60. The number of nitrogens with zero attached hydrogens (tertiary/aromatic N) is 2. The summed E-state index contributed by atoms with van der Waals surface area (Å²) >= 11 is 0. The predicted octanol–water partition coefficient (Wildman–Crippen LogP) is 0.227. The molecule has 0 aliphatic carbocycles. The molecule has 2 fully saturated rings. The Morgan fingerprint density at radius 1 is 1.29 bits per heavy atom. The van der Waals surface area contributed by atoms with Gasteiger partial charge in [0.15, 0.2) is 0 Å². The highest BCUT2D eigenvalue weighted by atomic mass is 32.2. The van der Waals surface area contributed by atoms with Crippen molar-refractivity contribution in [2.24, 2.45) is 5.92 Å². The van der Waals surface area contributed by atoms with Gasteiger partial charge < -0.3 is 9.47 Å². The molecule has 21 heavy (non-hydrogen) atoms. The van der Waals surface area contributed by atoms with E-state index in [4.69, 9.17) is 4.74 Å². The number of morpholine rings is 1. The van der Waals surface area contributed by atoms with Crippen molar-refractivity contribution in [3.05, 3.63) is 0 Å². The monoisotopic (exact) mass is 320 g/mol. The van der Waals surface area contributed by atoms with Gasteiger partial charge in [-0.25, -0.2) is 0 Å². The van der Waals surface area contributed by atoms with Gasteiger partial charge in [-0.2, -0.15) is 17.0 Å². The fraction of sp³-hybridized carbons (Fsp3) is 0.923. The van der Waals surface area contributed by atoms with Gasteiger partial charge >= 0.3 is 5.97 Å². The number of ether oxygens (including phenoxy) is 2. The number of rotatable bonds is 4. The lowest BCUT2D eigenvalue weighted by atomic mass is 10.0. The van der Waals surface area contributed by atoms with Crippen molar-refractivity contribution in [2.45, 2.75) is 32.3 Å². The first-order valence-electron chi connectivity index (χ1n) is 7.37. The number of methoxy groups -OCH3 is 1. The van der Waals surface area contributed by atoms with Crippen LogP contribution in [0.2, 0.25) is 0 Å². The summed E-state index contributed by atoms with van der Waals surface area (Å²) in [5, 5.41) is 0. The topological polar surface area (TPSA) is 76.2 Å². The van der Waals surface area contributed by atoms with Crippen LogP contribution in [0, 0.1) is 5.92 Å². The number of piperidine rings is 1. The lowest BCUT2D eigenvalue weighted by Gasteiger charge is -2.37. The molecule has 2 unspecified atom stereocenters. The minimum absolute atomic E-state index is 0.0823. The molecule has 7 nitrogen and oxygen atoms in total. The third-order valence-electron chi connectivity index (χ3n) is 4.00. The van der Waals surface area contributed by atoms with Crippen LogP contribution in [0.4, 0.5) is 0 Å². The third-order valence-corrected chi connectivity index (χ3v) is 5.96. The third kappa shape index (κ3) is 4.15. The van der Waals surface area contributed by atoms with Crippen LogP contribution in [-0.4, -0.2) is 69.0 Å². The molecule has 2 heterocycles. The Morgan fingerprint density at radius 2 is 2.00 bits per heavy atom. The highest BCUT2D eigenvalue weighted by Crippen LogP contribution is 2.22. The molecule has 0 aromatic heterocycles. The number of carbonyl (C=O) groups is 1.